The highest BCUT2D eigenvalue weighted by atomic mass is 16.2. The van der Waals surface area contributed by atoms with E-state index in [0.29, 0.717) is 18.5 Å². The smallest absolute Gasteiger partial charge is 0.227 e. The molecule has 4 nitrogen and oxygen atoms in total. The summed E-state index contributed by atoms with van der Waals surface area (Å²) in [4.78, 5) is 16.9. The van der Waals surface area contributed by atoms with Gasteiger partial charge in [0, 0.05) is 25.2 Å². The fraction of sp³-hybridized carbons (Fsp3) is 0.588. The molecule has 21 heavy (non-hydrogen) atoms. The van der Waals surface area contributed by atoms with Crippen LogP contribution in [0.15, 0.2) is 30.3 Å². The molecule has 3 rings (SSSR count). The van der Waals surface area contributed by atoms with Crippen LogP contribution in [-0.4, -0.2) is 54.0 Å². The van der Waals surface area contributed by atoms with Crippen LogP contribution in [0.3, 0.4) is 0 Å². The van der Waals surface area contributed by atoms with Crippen molar-refractivity contribution in [2.45, 2.75) is 37.8 Å². The Balaban J connectivity index is 1.51. The van der Waals surface area contributed by atoms with E-state index in [1.165, 1.54) is 0 Å². The normalized spacial score (nSPS) is 24.4. The van der Waals surface area contributed by atoms with Crippen molar-refractivity contribution in [3.05, 3.63) is 35.9 Å². The van der Waals surface area contributed by atoms with Crippen molar-refractivity contribution in [3.8, 4) is 0 Å². The fourth-order valence-corrected chi connectivity index (χ4v) is 3.43. The Morgan fingerprint density at radius 2 is 1.81 bits per heavy atom. The van der Waals surface area contributed by atoms with Gasteiger partial charge in [-0.1, -0.05) is 30.3 Å². The molecule has 2 aliphatic rings. The summed E-state index contributed by atoms with van der Waals surface area (Å²) < 4.78 is 0. The van der Waals surface area contributed by atoms with Gasteiger partial charge in [0.2, 0.25) is 5.91 Å². The lowest BCUT2D eigenvalue weighted by molar-refractivity contribution is -0.129. The molecule has 1 aromatic carbocycles. The van der Waals surface area contributed by atoms with Gasteiger partial charge in [0.05, 0.1) is 6.42 Å². The first-order valence-corrected chi connectivity index (χ1v) is 8.03. The molecule has 0 saturated carbocycles. The Labute approximate surface area is 126 Å². The molecule has 2 heterocycles. The van der Waals surface area contributed by atoms with Crippen LogP contribution in [-0.2, 0) is 11.2 Å². The van der Waals surface area contributed by atoms with Gasteiger partial charge in [0.15, 0.2) is 0 Å². The van der Waals surface area contributed by atoms with E-state index in [-0.39, 0.29) is 5.91 Å². The largest absolute Gasteiger partial charge is 0.341 e. The summed E-state index contributed by atoms with van der Waals surface area (Å²) >= 11 is 0. The number of nitrogens with two attached hydrogens (primary N) is 1. The molecular weight excluding hydrogens is 262 g/mol. The predicted molar refractivity (Wildman–Crippen MR) is 83.9 cm³/mol. The summed E-state index contributed by atoms with van der Waals surface area (Å²) in [6.07, 6.45) is 3.82. The number of carbonyl (C=O) groups is 1. The minimum absolute atomic E-state index is 0.261. The number of rotatable bonds is 3. The van der Waals surface area contributed by atoms with Crippen molar-refractivity contribution in [2.24, 2.45) is 5.73 Å². The lowest BCUT2D eigenvalue weighted by Crippen LogP contribution is -2.46. The summed E-state index contributed by atoms with van der Waals surface area (Å²) in [5, 5.41) is 0. The maximum absolute atomic E-state index is 12.4. The fourth-order valence-electron chi connectivity index (χ4n) is 3.43. The molecule has 4 heteroatoms. The van der Waals surface area contributed by atoms with Crippen LogP contribution < -0.4 is 5.73 Å². The van der Waals surface area contributed by atoms with Gasteiger partial charge in [-0.3, -0.25) is 9.69 Å². The molecule has 0 bridgehead atoms. The maximum atomic E-state index is 12.4. The molecular formula is C17H25N3O. The molecule has 0 aromatic heterocycles. The monoisotopic (exact) mass is 287 g/mol. The number of benzene rings is 1. The zero-order chi connectivity index (χ0) is 14.7. The van der Waals surface area contributed by atoms with E-state index in [9.17, 15) is 4.79 Å². The van der Waals surface area contributed by atoms with Crippen LogP contribution in [0.2, 0.25) is 0 Å². The van der Waals surface area contributed by atoms with Crippen molar-refractivity contribution in [1.29, 1.82) is 0 Å². The SMILES string of the molecule is NC1CCN(C2CCN(C(=O)Cc3ccccc3)C2)CC1. The third-order valence-electron chi connectivity index (χ3n) is 4.80. The van der Waals surface area contributed by atoms with Crippen LogP contribution in [0.25, 0.3) is 0 Å². The summed E-state index contributed by atoms with van der Waals surface area (Å²) in [5.41, 5.74) is 7.07. The second-order valence-electron chi connectivity index (χ2n) is 6.32. The average molecular weight is 287 g/mol. The van der Waals surface area contributed by atoms with Gasteiger partial charge in [0.1, 0.15) is 0 Å². The van der Waals surface area contributed by atoms with Gasteiger partial charge in [-0.05, 0) is 37.9 Å². The van der Waals surface area contributed by atoms with E-state index in [1.54, 1.807) is 0 Å². The van der Waals surface area contributed by atoms with Gasteiger partial charge >= 0.3 is 0 Å². The highest BCUT2D eigenvalue weighted by Gasteiger charge is 2.31. The molecule has 2 aliphatic heterocycles. The van der Waals surface area contributed by atoms with Crippen molar-refractivity contribution in [3.63, 3.8) is 0 Å². The molecule has 2 N–H and O–H groups in total. The van der Waals surface area contributed by atoms with E-state index in [1.807, 2.05) is 35.2 Å². The van der Waals surface area contributed by atoms with Gasteiger partial charge in [-0.25, -0.2) is 0 Å². The number of hydrogen-bond donors (Lipinski definition) is 1. The molecule has 0 aliphatic carbocycles. The van der Waals surface area contributed by atoms with Crippen LogP contribution >= 0.6 is 0 Å². The van der Waals surface area contributed by atoms with E-state index < -0.39 is 0 Å². The molecule has 1 aromatic rings. The Bertz CT molecular complexity index is 468. The topological polar surface area (TPSA) is 49.6 Å². The maximum Gasteiger partial charge on any atom is 0.227 e. The number of amides is 1. The molecule has 0 spiro atoms. The molecule has 2 fully saturated rings. The predicted octanol–water partition coefficient (Wildman–Crippen LogP) is 1.25. The van der Waals surface area contributed by atoms with Crippen LogP contribution in [0.5, 0.6) is 0 Å². The third kappa shape index (κ3) is 3.63. The van der Waals surface area contributed by atoms with Gasteiger partial charge in [-0.2, -0.15) is 0 Å². The van der Waals surface area contributed by atoms with Gasteiger partial charge < -0.3 is 10.6 Å². The Kier molecular flexibility index (Phi) is 4.56. The van der Waals surface area contributed by atoms with Gasteiger partial charge in [-0.15, -0.1) is 0 Å². The lowest BCUT2D eigenvalue weighted by Gasteiger charge is -2.34. The lowest BCUT2D eigenvalue weighted by atomic mass is 10.0. The van der Waals surface area contributed by atoms with Crippen molar-refractivity contribution in [2.75, 3.05) is 26.2 Å². The van der Waals surface area contributed by atoms with Gasteiger partial charge in [0.25, 0.3) is 0 Å². The number of hydrogen-bond acceptors (Lipinski definition) is 3. The molecule has 1 amide bonds. The van der Waals surface area contributed by atoms with Crippen LogP contribution in [0.1, 0.15) is 24.8 Å². The second-order valence-corrected chi connectivity index (χ2v) is 6.32. The van der Waals surface area contributed by atoms with E-state index in [4.69, 9.17) is 5.73 Å². The quantitative estimate of drug-likeness (QED) is 0.910. The zero-order valence-electron chi connectivity index (χ0n) is 12.6. The van der Waals surface area contributed by atoms with E-state index >= 15 is 0 Å². The Morgan fingerprint density at radius 1 is 1.10 bits per heavy atom. The minimum atomic E-state index is 0.261. The highest BCUT2D eigenvalue weighted by Crippen LogP contribution is 2.20. The Morgan fingerprint density at radius 3 is 2.52 bits per heavy atom. The molecule has 0 radical (unpaired) electrons. The van der Waals surface area contributed by atoms with Crippen molar-refractivity contribution in [1.82, 2.24) is 9.80 Å². The van der Waals surface area contributed by atoms with Crippen molar-refractivity contribution >= 4 is 5.91 Å². The molecule has 2 saturated heterocycles. The third-order valence-corrected chi connectivity index (χ3v) is 4.80. The summed E-state index contributed by atoms with van der Waals surface area (Å²) in [5.74, 6) is 0.261. The number of carbonyl (C=O) groups excluding carboxylic acids is 1. The van der Waals surface area contributed by atoms with Crippen molar-refractivity contribution < 1.29 is 4.79 Å². The molecule has 1 atom stereocenters. The minimum Gasteiger partial charge on any atom is -0.341 e. The zero-order valence-corrected chi connectivity index (χ0v) is 12.6. The summed E-state index contributed by atoms with van der Waals surface area (Å²) in [6.45, 7) is 3.97. The number of piperidine rings is 1. The number of likely N-dealkylation sites (tertiary alicyclic amines) is 2. The summed E-state index contributed by atoms with van der Waals surface area (Å²) in [7, 11) is 0. The summed E-state index contributed by atoms with van der Waals surface area (Å²) in [6, 6.07) is 10.9. The average Bonchev–Trinajstić information content (AvgIpc) is 2.99. The first-order chi connectivity index (χ1) is 10.2. The van der Waals surface area contributed by atoms with E-state index in [0.717, 1.165) is 51.0 Å². The second kappa shape index (κ2) is 6.58. The standard InChI is InChI=1S/C17H25N3O/c18-15-6-9-19(10-7-15)16-8-11-20(13-16)17(21)12-14-4-2-1-3-5-14/h1-5,15-16H,6-13,18H2. The van der Waals surface area contributed by atoms with Crippen LogP contribution in [0.4, 0.5) is 0 Å². The first kappa shape index (κ1) is 14.5. The molecule has 1 unspecified atom stereocenters. The molecule has 114 valence electrons. The first-order valence-electron chi connectivity index (χ1n) is 8.03. The van der Waals surface area contributed by atoms with Crippen LogP contribution in [0, 0.1) is 0 Å². The highest BCUT2D eigenvalue weighted by molar-refractivity contribution is 5.79. The Hall–Kier alpha value is -1.39. The number of nitrogens with zero attached hydrogens (tertiary/aromatic N) is 2. The van der Waals surface area contributed by atoms with E-state index in [2.05, 4.69) is 4.90 Å².